The normalized spacial score (nSPS) is 20.6. The molecule has 1 amide bonds. The van der Waals surface area contributed by atoms with Gasteiger partial charge in [-0.3, -0.25) is 4.79 Å². The van der Waals surface area contributed by atoms with Crippen LogP contribution >= 0.6 is 51.8 Å². The van der Waals surface area contributed by atoms with E-state index in [1.54, 1.807) is 17.0 Å². The fraction of sp³-hybridized carbons (Fsp3) is 0.300. The van der Waals surface area contributed by atoms with Crippen LogP contribution in [-0.4, -0.2) is 17.7 Å². The van der Waals surface area contributed by atoms with Crippen LogP contribution in [0.2, 0.25) is 10.0 Å². The Labute approximate surface area is 117 Å². The average molecular weight is 341 g/mol. The minimum Gasteiger partial charge on any atom is -0.310 e. The van der Waals surface area contributed by atoms with Gasteiger partial charge < -0.3 is 4.90 Å². The third kappa shape index (κ3) is 2.35. The zero-order valence-electron chi connectivity index (χ0n) is 8.08. The third-order valence-corrected chi connectivity index (χ3v) is 4.23. The third-order valence-electron chi connectivity index (χ3n) is 2.39. The van der Waals surface area contributed by atoms with Gasteiger partial charge in [0.25, 0.3) is 0 Å². The number of carbonyl (C=O) groups excluding carboxylic acids is 1. The molecule has 0 radical (unpaired) electrons. The lowest BCUT2D eigenvalue weighted by atomic mass is 10.3. The monoisotopic (exact) mass is 339 g/mol. The highest BCUT2D eigenvalue weighted by Crippen LogP contribution is 2.36. The summed E-state index contributed by atoms with van der Waals surface area (Å²) in [5, 5.41) is 1.10. The largest absolute Gasteiger partial charge is 0.310 e. The van der Waals surface area contributed by atoms with Gasteiger partial charge in [-0.15, -0.1) is 0 Å². The molecule has 86 valence electrons. The van der Waals surface area contributed by atoms with Crippen molar-refractivity contribution in [1.29, 1.82) is 0 Å². The number of amides is 1. The maximum atomic E-state index is 11.7. The molecule has 1 aromatic rings. The first-order chi connectivity index (χ1) is 7.49. The van der Waals surface area contributed by atoms with Crippen molar-refractivity contribution in [3.8, 4) is 0 Å². The highest BCUT2D eigenvalue weighted by molar-refractivity contribution is 9.10. The fourth-order valence-corrected chi connectivity index (χ4v) is 2.86. The van der Waals surface area contributed by atoms with Gasteiger partial charge >= 0.3 is 0 Å². The molecule has 0 aliphatic carbocycles. The van der Waals surface area contributed by atoms with Gasteiger partial charge in [0.1, 0.15) is 0 Å². The molecule has 1 fully saturated rings. The Hall–Kier alpha value is 0.1000. The van der Waals surface area contributed by atoms with E-state index in [1.807, 2.05) is 0 Å². The number of thiol groups is 1. The van der Waals surface area contributed by atoms with Gasteiger partial charge in [-0.1, -0.05) is 23.2 Å². The Kier molecular flexibility index (Phi) is 3.74. The highest BCUT2D eigenvalue weighted by Gasteiger charge is 2.29. The second-order valence-corrected chi connectivity index (χ2v) is 5.98. The van der Waals surface area contributed by atoms with E-state index in [9.17, 15) is 4.79 Å². The van der Waals surface area contributed by atoms with Crippen LogP contribution in [0.3, 0.4) is 0 Å². The molecule has 0 saturated carbocycles. The van der Waals surface area contributed by atoms with Gasteiger partial charge in [0.2, 0.25) is 5.91 Å². The number of nitrogens with zero attached hydrogens (tertiary/aromatic N) is 1. The number of carbonyl (C=O) groups is 1. The molecule has 2 nitrogen and oxygen atoms in total. The van der Waals surface area contributed by atoms with Crippen LogP contribution in [0, 0.1) is 0 Å². The van der Waals surface area contributed by atoms with Crippen molar-refractivity contribution >= 4 is 63.4 Å². The molecular weight excluding hydrogens is 333 g/mol. The molecular formula is C10H8BrCl2NOS. The summed E-state index contributed by atoms with van der Waals surface area (Å²) in [7, 11) is 0. The zero-order valence-corrected chi connectivity index (χ0v) is 12.1. The average Bonchev–Trinajstić information content (AvgIpc) is 2.51. The Bertz CT molecular complexity index is 455. The quantitative estimate of drug-likeness (QED) is 0.609. The van der Waals surface area contributed by atoms with Crippen molar-refractivity contribution in [2.75, 3.05) is 11.4 Å². The molecule has 0 N–H and O–H groups in total. The van der Waals surface area contributed by atoms with E-state index in [-0.39, 0.29) is 11.2 Å². The van der Waals surface area contributed by atoms with E-state index < -0.39 is 0 Å². The van der Waals surface area contributed by atoms with Crippen molar-refractivity contribution in [3.63, 3.8) is 0 Å². The Balaban J connectivity index is 2.41. The van der Waals surface area contributed by atoms with Crippen LogP contribution < -0.4 is 4.90 Å². The second kappa shape index (κ2) is 4.77. The smallest absolute Gasteiger partial charge is 0.228 e. The molecule has 0 bridgehead atoms. The molecule has 2 rings (SSSR count). The number of anilines is 1. The van der Waals surface area contributed by atoms with Crippen LogP contribution in [0.1, 0.15) is 6.42 Å². The lowest BCUT2D eigenvalue weighted by Gasteiger charge is -2.18. The van der Waals surface area contributed by atoms with Crippen molar-refractivity contribution in [2.24, 2.45) is 0 Å². The summed E-state index contributed by atoms with van der Waals surface area (Å²) < 4.78 is 0.719. The molecule has 1 aliphatic heterocycles. The Morgan fingerprint density at radius 2 is 2.06 bits per heavy atom. The number of hydrogen-bond acceptors (Lipinski definition) is 2. The standard InChI is InChI=1S/C10H8BrCl2NOS/c11-6-2-8(13)9(3-7(6)12)14-4-5(16)1-10(14)15/h2-3,5,16H,1,4H2. The summed E-state index contributed by atoms with van der Waals surface area (Å²) in [6.45, 7) is 0.569. The van der Waals surface area contributed by atoms with Crippen LogP contribution in [-0.2, 0) is 4.79 Å². The summed E-state index contributed by atoms with van der Waals surface area (Å²) in [5.41, 5.74) is 0.649. The van der Waals surface area contributed by atoms with Gasteiger partial charge in [-0.2, -0.15) is 12.6 Å². The van der Waals surface area contributed by atoms with Gasteiger partial charge in [-0.05, 0) is 28.1 Å². The Morgan fingerprint density at radius 3 is 2.62 bits per heavy atom. The summed E-state index contributed by atoms with van der Waals surface area (Å²) >= 11 is 19.6. The first kappa shape index (κ1) is 12.6. The number of halogens is 3. The molecule has 1 heterocycles. The minimum absolute atomic E-state index is 0.0280. The first-order valence-corrected chi connectivity index (χ1v) is 6.68. The fourth-order valence-electron chi connectivity index (χ4n) is 1.64. The lowest BCUT2D eigenvalue weighted by Crippen LogP contribution is -2.24. The molecule has 0 aromatic heterocycles. The topological polar surface area (TPSA) is 20.3 Å². The van der Waals surface area contributed by atoms with Crippen molar-refractivity contribution < 1.29 is 4.79 Å². The van der Waals surface area contributed by atoms with Crippen LogP contribution in [0.25, 0.3) is 0 Å². The van der Waals surface area contributed by atoms with E-state index in [0.717, 1.165) is 4.47 Å². The van der Waals surface area contributed by atoms with Gasteiger partial charge in [-0.25, -0.2) is 0 Å². The van der Waals surface area contributed by atoms with Crippen molar-refractivity contribution in [2.45, 2.75) is 11.7 Å². The number of hydrogen-bond donors (Lipinski definition) is 1. The van der Waals surface area contributed by atoms with E-state index in [2.05, 4.69) is 28.6 Å². The van der Waals surface area contributed by atoms with Gasteiger partial charge in [0.15, 0.2) is 0 Å². The van der Waals surface area contributed by atoms with Crippen LogP contribution in [0.4, 0.5) is 5.69 Å². The van der Waals surface area contributed by atoms with E-state index in [4.69, 9.17) is 23.2 Å². The molecule has 1 aliphatic rings. The predicted octanol–water partition coefficient (Wildman–Crippen LogP) is 3.79. The number of rotatable bonds is 1. The van der Waals surface area contributed by atoms with Crippen molar-refractivity contribution in [3.05, 3.63) is 26.7 Å². The maximum Gasteiger partial charge on any atom is 0.228 e. The summed E-state index contributed by atoms with van der Waals surface area (Å²) in [6, 6.07) is 3.38. The molecule has 1 aromatic carbocycles. The van der Waals surface area contributed by atoms with E-state index in [1.165, 1.54) is 0 Å². The summed E-state index contributed by atoms with van der Waals surface area (Å²) in [5.74, 6) is 0.0280. The summed E-state index contributed by atoms with van der Waals surface area (Å²) in [4.78, 5) is 13.3. The molecule has 16 heavy (non-hydrogen) atoms. The molecule has 6 heteroatoms. The molecule has 1 unspecified atom stereocenters. The van der Waals surface area contributed by atoms with Gasteiger partial charge in [0.05, 0.1) is 15.7 Å². The second-order valence-electron chi connectivity index (χ2n) is 3.58. The molecule has 0 spiro atoms. The SMILES string of the molecule is O=C1CC(S)CN1c1cc(Cl)c(Br)cc1Cl. The predicted molar refractivity (Wildman–Crippen MR) is 73.9 cm³/mol. The van der Waals surface area contributed by atoms with E-state index >= 15 is 0 Å². The Morgan fingerprint density at radius 1 is 1.38 bits per heavy atom. The molecule has 1 atom stereocenters. The van der Waals surface area contributed by atoms with E-state index in [0.29, 0.717) is 28.7 Å². The summed E-state index contributed by atoms with van der Waals surface area (Å²) in [6.07, 6.45) is 0.438. The van der Waals surface area contributed by atoms with Crippen LogP contribution in [0.15, 0.2) is 16.6 Å². The minimum atomic E-state index is 0.0280. The number of benzene rings is 1. The van der Waals surface area contributed by atoms with Crippen molar-refractivity contribution in [1.82, 2.24) is 0 Å². The maximum absolute atomic E-state index is 11.7. The zero-order chi connectivity index (χ0) is 11.9. The highest BCUT2D eigenvalue weighted by atomic mass is 79.9. The lowest BCUT2D eigenvalue weighted by molar-refractivity contribution is -0.117. The molecule has 1 saturated heterocycles. The van der Waals surface area contributed by atoms with Crippen LogP contribution in [0.5, 0.6) is 0 Å². The van der Waals surface area contributed by atoms with Gasteiger partial charge in [0, 0.05) is 22.7 Å². The first-order valence-electron chi connectivity index (χ1n) is 4.62.